The third-order valence-electron chi connectivity index (χ3n) is 3.74. The fraction of sp³-hybridized carbons (Fsp3) is 0.600. The minimum Gasteiger partial charge on any atom is -0.480 e. The number of hydrogen-bond acceptors (Lipinski definition) is 4. The van der Waals surface area contributed by atoms with Crippen molar-refractivity contribution in [2.75, 3.05) is 12.7 Å². The molecule has 0 amide bonds. The molecule has 1 rings (SSSR count). The van der Waals surface area contributed by atoms with E-state index in [2.05, 4.69) is 6.92 Å². The van der Waals surface area contributed by atoms with Crippen molar-refractivity contribution in [3.8, 4) is 0 Å². The van der Waals surface area contributed by atoms with Gasteiger partial charge in [0.1, 0.15) is 0 Å². The second-order valence-electron chi connectivity index (χ2n) is 5.35. The molecule has 1 aliphatic rings. The summed E-state index contributed by atoms with van der Waals surface area (Å²) >= 11 is 0. The fourth-order valence-electron chi connectivity index (χ4n) is 2.39. The van der Waals surface area contributed by atoms with Gasteiger partial charge in [-0.1, -0.05) is 39.0 Å². The van der Waals surface area contributed by atoms with E-state index in [-0.39, 0.29) is 11.7 Å². The van der Waals surface area contributed by atoms with Crippen molar-refractivity contribution >= 4 is 19.3 Å². The van der Waals surface area contributed by atoms with Crippen LogP contribution in [0.25, 0.3) is 0 Å². The second kappa shape index (κ2) is 9.01. The van der Waals surface area contributed by atoms with E-state index in [0.717, 1.165) is 19.0 Å². The minimum absolute atomic E-state index is 0.166. The van der Waals surface area contributed by atoms with Crippen LogP contribution < -0.4 is 5.73 Å². The Hall–Kier alpha value is -1.43. The smallest absolute Gasteiger partial charge is 0.331 e. The summed E-state index contributed by atoms with van der Waals surface area (Å²) in [7, 11) is -4.08. The Morgan fingerprint density at radius 3 is 2.17 bits per heavy atom. The van der Waals surface area contributed by atoms with E-state index < -0.39 is 30.4 Å². The molecule has 0 heterocycles. The zero-order chi connectivity index (χ0) is 18.3. The number of aliphatic carboxylic acids is 2. The summed E-state index contributed by atoms with van der Waals surface area (Å²) in [6.07, 6.45) is 4.91. The molecule has 3 unspecified atom stereocenters. The molecular weight excluding hydrogens is 321 g/mol. The van der Waals surface area contributed by atoms with Crippen LogP contribution in [0, 0.1) is 5.92 Å². The van der Waals surface area contributed by atoms with Crippen LogP contribution in [0.1, 0.15) is 33.6 Å². The van der Waals surface area contributed by atoms with Crippen molar-refractivity contribution in [1.82, 2.24) is 0 Å². The molecule has 0 aromatic carbocycles. The summed E-state index contributed by atoms with van der Waals surface area (Å²) in [6, 6.07) is 0. The van der Waals surface area contributed by atoms with Crippen LogP contribution in [0.5, 0.6) is 0 Å². The van der Waals surface area contributed by atoms with Gasteiger partial charge in [-0.2, -0.15) is 0 Å². The third-order valence-corrected chi connectivity index (χ3v) is 6.67. The zero-order valence-corrected chi connectivity index (χ0v) is 14.6. The van der Waals surface area contributed by atoms with E-state index in [1.807, 2.05) is 0 Å². The van der Waals surface area contributed by atoms with Crippen LogP contribution in [0.4, 0.5) is 0 Å². The summed E-state index contributed by atoms with van der Waals surface area (Å²) in [5.41, 5.74) is 4.86. The summed E-state index contributed by atoms with van der Waals surface area (Å²) in [5, 5.41) is 16.4. The summed E-state index contributed by atoms with van der Waals surface area (Å²) in [4.78, 5) is 32.8. The molecule has 23 heavy (non-hydrogen) atoms. The molecule has 0 aliphatic heterocycles. The summed E-state index contributed by atoms with van der Waals surface area (Å²) in [5.74, 6) is -3.82. The quantitative estimate of drug-likeness (QED) is 0.539. The Balaban J connectivity index is 0.00000108. The maximum absolute atomic E-state index is 12.4. The molecule has 8 heteroatoms. The highest BCUT2D eigenvalue weighted by Crippen LogP contribution is 2.61. The highest BCUT2D eigenvalue weighted by Gasteiger charge is 2.57. The Morgan fingerprint density at radius 1 is 1.30 bits per heavy atom. The number of allylic oxidation sites excluding steroid dienone is 2. The molecule has 0 radical (unpaired) electrons. The number of rotatable bonds is 6. The maximum Gasteiger partial charge on any atom is 0.331 e. The van der Waals surface area contributed by atoms with Crippen LogP contribution in [0.3, 0.4) is 0 Å². The lowest BCUT2D eigenvalue weighted by molar-refractivity contribution is -0.140. The zero-order valence-electron chi connectivity index (χ0n) is 13.7. The number of carboxylic acids is 2. The average molecular weight is 347 g/mol. The average Bonchev–Trinajstić information content (AvgIpc) is 2.46. The van der Waals surface area contributed by atoms with E-state index in [9.17, 15) is 24.2 Å². The molecule has 0 fully saturated rings. The molecule has 0 spiro atoms. The van der Waals surface area contributed by atoms with Crippen molar-refractivity contribution in [1.29, 1.82) is 0 Å². The standard InChI is InChI=1S/C12H17O6P.C3H9N/c1-3-7-19(17,18)12(11(15)16)6-4-5-9(8(12)2)10(13)14;1-2-3-4/h4-6,8H,3,7H2,1-2H3,(H,13,14)(H,15,16)(H,17,18);2-4H2,1H3. The van der Waals surface area contributed by atoms with Gasteiger partial charge in [0.2, 0.25) is 7.37 Å². The van der Waals surface area contributed by atoms with Gasteiger partial charge in [0.15, 0.2) is 5.16 Å². The van der Waals surface area contributed by atoms with Crippen LogP contribution in [0.15, 0.2) is 23.8 Å². The Bertz CT molecular complexity index is 540. The largest absolute Gasteiger partial charge is 0.480 e. The lowest BCUT2D eigenvalue weighted by Crippen LogP contribution is -2.46. The number of nitrogens with two attached hydrogens (primary N) is 1. The van der Waals surface area contributed by atoms with Crippen molar-refractivity contribution in [2.45, 2.75) is 38.8 Å². The molecule has 3 atom stereocenters. The first-order valence-electron chi connectivity index (χ1n) is 7.50. The van der Waals surface area contributed by atoms with E-state index in [4.69, 9.17) is 10.8 Å². The molecule has 5 N–H and O–H groups in total. The molecule has 0 saturated carbocycles. The predicted octanol–water partition coefficient (Wildman–Crippen LogP) is 2.06. The van der Waals surface area contributed by atoms with Crippen LogP contribution >= 0.6 is 7.37 Å². The van der Waals surface area contributed by atoms with Gasteiger partial charge in [0.25, 0.3) is 0 Å². The van der Waals surface area contributed by atoms with Gasteiger partial charge in [-0.05, 0) is 19.4 Å². The van der Waals surface area contributed by atoms with Crippen LogP contribution in [-0.4, -0.2) is 44.9 Å². The third kappa shape index (κ3) is 4.53. The van der Waals surface area contributed by atoms with Gasteiger partial charge in [-0.3, -0.25) is 9.36 Å². The van der Waals surface area contributed by atoms with Gasteiger partial charge in [-0.25, -0.2) is 4.79 Å². The molecule has 1 aliphatic carbocycles. The Labute approximate surface area is 136 Å². The molecule has 7 nitrogen and oxygen atoms in total. The molecule has 0 bridgehead atoms. The highest BCUT2D eigenvalue weighted by atomic mass is 31.2. The van der Waals surface area contributed by atoms with Crippen molar-refractivity contribution in [3.63, 3.8) is 0 Å². The van der Waals surface area contributed by atoms with Crippen molar-refractivity contribution < 1.29 is 29.3 Å². The normalized spacial score (nSPS) is 25.6. The van der Waals surface area contributed by atoms with E-state index in [1.54, 1.807) is 6.92 Å². The topological polar surface area (TPSA) is 138 Å². The Kier molecular flexibility index (Phi) is 8.45. The first kappa shape index (κ1) is 21.6. The molecule has 0 aromatic rings. The molecule has 0 saturated heterocycles. The monoisotopic (exact) mass is 347 g/mol. The van der Waals surface area contributed by atoms with Crippen LogP contribution in [0.2, 0.25) is 0 Å². The SMILES string of the molecule is CCCN.CCCP(=O)(O)C1(C(=O)O)C=CC=C(C(=O)O)C1C. The predicted molar refractivity (Wildman–Crippen MR) is 88.7 cm³/mol. The Morgan fingerprint density at radius 2 is 1.83 bits per heavy atom. The van der Waals surface area contributed by atoms with Gasteiger partial charge in [0, 0.05) is 17.7 Å². The van der Waals surface area contributed by atoms with Crippen molar-refractivity contribution in [2.24, 2.45) is 11.7 Å². The highest BCUT2D eigenvalue weighted by molar-refractivity contribution is 7.61. The van der Waals surface area contributed by atoms with Gasteiger partial charge >= 0.3 is 11.9 Å². The van der Waals surface area contributed by atoms with Crippen molar-refractivity contribution in [3.05, 3.63) is 23.8 Å². The lowest BCUT2D eigenvalue weighted by Gasteiger charge is -2.38. The van der Waals surface area contributed by atoms with E-state index in [0.29, 0.717) is 6.42 Å². The number of hydrogen-bond donors (Lipinski definition) is 4. The first-order chi connectivity index (χ1) is 10.6. The first-order valence-corrected chi connectivity index (χ1v) is 9.34. The minimum atomic E-state index is -4.08. The van der Waals surface area contributed by atoms with Crippen LogP contribution in [-0.2, 0) is 14.2 Å². The number of carboxylic acid groups (broad SMARTS) is 2. The van der Waals surface area contributed by atoms with Gasteiger partial charge < -0.3 is 20.8 Å². The van der Waals surface area contributed by atoms with E-state index in [1.165, 1.54) is 19.1 Å². The van der Waals surface area contributed by atoms with Gasteiger partial charge in [-0.15, -0.1) is 0 Å². The summed E-state index contributed by atoms with van der Waals surface area (Å²) < 4.78 is 12.4. The summed E-state index contributed by atoms with van der Waals surface area (Å²) in [6.45, 7) is 5.90. The van der Waals surface area contributed by atoms with Gasteiger partial charge in [0.05, 0.1) is 0 Å². The molecule has 132 valence electrons. The fourth-order valence-corrected chi connectivity index (χ4v) is 4.73. The lowest BCUT2D eigenvalue weighted by atomic mass is 9.82. The maximum atomic E-state index is 12.4. The second-order valence-corrected chi connectivity index (χ2v) is 7.94. The molecular formula is C15H26NO6P. The molecule has 0 aromatic heterocycles. The number of carbonyl (C=O) groups is 2. The van der Waals surface area contributed by atoms with E-state index >= 15 is 0 Å².